The average molecular weight is 249 g/mol. The van der Waals surface area contributed by atoms with Crippen LogP contribution < -0.4 is 0 Å². The van der Waals surface area contributed by atoms with Crippen molar-refractivity contribution in [3.63, 3.8) is 0 Å². The highest BCUT2D eigenvalue weighted by Gasteiger charge is 2.46. The van der Waals surface area contributed by atoms with Crippen LogP contribution in [0.3, 0.4) is 0 Å². The van der Waals surface area contributed by atoms with Gasteiger partial charge in [-0.05, 0) is 37.7 Å². The van der Waals surface area contributed by atoms with Crippen LogP contribution in [0.2, 0.25) is 0 Å². The number of hydrogen-bond acceptors (Lipinski definition) is 3. The second kappa shape index (κ2) is 5.06. The maximum absolute atomic E-state index is 11.0. The van der Waals surface area contributed by atoms with E-state index in [1.807, 2.05) is 30.3 Å². The number of hydrogen-bond donors (Lipinski definition) is 1. The van der Waals surface area contributed by atoms with Crippen LogP contribution in [-0.2, 0) is 6.42 Å². The van der Waals surface area contributed by atoms with Crippen molar-refractivity contribution < 1.29 is 10.0 Å². The van der Waals surface area contributed by atoms with E-state index in [2.05, 4.69) is 0 Å². The third kappa shape index (κ3) is 2.88. The molecule has 0 heterocycles. The van der Waals surface area contributed by atoms with Crippen LogP contribution in [0.4, 0.5) is 0 Å². The highest BCUT2D eigenvalue weighted by atomic mass is 16.6. The zero-order chi connectivity index (χ0) is 13.2. The van der Waals surface area contributed by atoms with Gasteiger partial charge in [-0.1, -0.05) is 30.3 Å². The lowest BCUT2D eigenvalue weighted by Crippen LogP contribution is -2.49. The van der Waals surface area contributed by atoms with E-state index in [1.54, 1.807) is 6.92 Å². The second-order valence-electron chi connectivity index (χ2n) is 5.49. The van der Waals surface area contributed by atoms with E-state index in [-0.39, 0.29) is 4.92 Å². The fourth-order valence-electron chi connectivity index (χ4n) is 2.80. The van der Waals surface area contributed by atoms with Gasteiger partial charge in [0.15, 0.2) is 0 Å². The molecular formula is C14H19NO3. The van der Waals surface area contributed by atoms with Crippen LogP contribution in [0.15, 0.2) is 30.3 Å². The molecule has 1 fully saturated rings. The monoisotopic (exact) mass is 249 g/mol. The van der Waals surface area contributed by atoms with Crippen molar-refractivity contribution in [2.45, 2.75) is 44.2 Å². The Morgan fingerprint density at radius 3 is 2.72 bits per heavy atom. The van der Waals surface area contributed by atoms with Crippen molar-refractivity contribution in [1.82, 2.24) is 0 Å². The quantitative estimate of drug-likeness (QED) is 0.661. The SMILES string of the molecule is CC1(O)CCC(Cc2ccccc2)CC1[N+](=O)[O-]. The van der Waals surface area contributed by atoms with Crippen molar-refractivity contribution in [3.05, 3.63) is 46.0 Å². The molecule has 0 aliphatic heterocycles. The largest absolute Gasteiger partial charge is 0.383 e. The van der Waals surface area contributed by atoms with Gasteiger partial charge in [0.25, 0.3) is 0 Å². The summed E-state index contributed by atoms with van der Waals surface area (Å²) in [5, 5.41) is 21.1. The lowest BCUT2D eigenvalue weighted by Gasteiger charge is -2.35. The summed E-state index contributed by atoms with van der Waals surface area (Å²) < 4.78 is 0. The Balaban J connectivity index is 2.03. The maximum atomic E-state index is 11.0. The van der Waals surface area contributed by atoms with Gasteiger partial charge in [0.05, 0.1) is 0 Å². The Bertz CT molecular complexity index is 416. The minimum atomic E-state index is -1.16. The average Bonchev–Trinajstić information content (AvgIpc) is 2.32. The lowest BCUT2D eigenvalue weighted by atomic mass is 9.74. The number of rotatable bonds is 3. The van der Waals surface area contributed by atoms with E-state index >= 15 is 0 Å². The Morgan fingerprint density at radius 1 is 1.44 bits per heavy atom. The van der Waals surface area contributed by atoms with E-state index in [9.17, 15) is 15.2 Å². The Labute approximate surface area is 107 Å². The minimum absolute atomic E-state index is 0.294. The van der Waals surface area contributed by atoms with Gasteiger partial charge < -0.3 is 5.11 Å². The summed E-state index contributed by atoms with van der Waals surface area (Å²) in [5.41, 5.74) is 0.0580. The van der Waals surface area contributed by atoms with Crippen molar-refractivity contribution in [2.24, 2.45) is 5.92 Å². The minimum Gasteiger partial charge on any atom is -0.383 e. The molecule has 0 spiro atoms. The predicted octanol–water partition coefficient (Wildman–Crippen LogP) is 2.43. The molecule has 0 bridgehead atoms. The van der Waals surface area contributed by atoms with Crippen molar-refractivity contribution >= 4 is 0 Å². The van der Waals surface area contributed by atoms with Gasteiger partial charge in [-0.2, -0.15) is 0 Å². The fraction of sp³-hybridized carbons (Fsp3) is 0.571. The highest BCUT2D eigenvalue weighted by molar-refractivity contribution is 5.15. The zero-order valence-corrected chi connectivity index (χ0v) is 10.6. The van der Waals surface area contributed by atoms with Gasteiger partial charge in [0.1, 0.15) is 5.60 Å². The molecule has 1 aromatic rings. The third-order valence-corrected chi connectivity index (χ3v) is 3.95. The molecule has 3 unspecified atom stereocenters. The molecular weight excluding hydrogens is 230 g/mol. The third-order valence-electron chi connectivity index (χ3n) is 3.95. The van der Waals surface area contributed by atoms with Gasteiger partial charge in [0.2, 0.25) is 6.04 Å². The summed E-state index contributed by atoms with van der Waals surface area (Å²) in [4.78, 5) is 10.7. The van der Waals surface area contributed by atoms with E-state index in [1.165, 1.54) is 5.56 Å². The zero-order valence-electron chi connectivity index (χ0n) is 10.6. The fourth-order valence-corrected chi connectivity index (χ4v) is 2.80. The first-order valence-electron chi connectivity index (χ1n) is 6.39. The molecule has 1 saturated carbocycles. The predicted molar refractivity (Wildman–Crippen MR) is 68.9 cm³/mol. The number of aliphatic hydroxyl groups is 1. The topological polar surface area (TPSA) is 63.4 Å². The van der Waals surface area contributed by atoms with Crippen molar-refractivity contribution in [2.75, 3.05) is 0 Å². The number of nitrogens with zero attached hydrogens (tertiary/aromatic N) is 1. The molecule has 1 aliphatic rings. The molecule has 2 rings (SSSR count). The molecule has 0 radical (unpaired) electrons. The summed E-state index contributed by atoms with van der Waals surface area (Å²) >= 11 is 0. The smallest absolute Gasteiger partial charge is 0.241 e. The van der Waals surface area contributed by atoms with E-state index < -0.39 is 11.6 Å². The Hall–Kier alpha value is -1.42. The first kappa shape index (κ1) is 13.0. The molecule has 1 N–H and O–H groups in total. The van der Waals surface area contributed by atoms with E-state index in [0.29, 0.717) is 18.8 Å². The van der Waals surface area contributed by atoms with E-state index in [0.717, 1.165) is 12.8 Å². The Kier molecular flexibility index (Phi) is 3.66. The van der Waals surface area contributed by atoms with Crippen LogP contribution in [0.1, 0.15) is 31.7 Å². The normalized spacial score (nSPS) is 32.1. The van der Waals surface area contributed by atoms with Gasteiger partial charge in [-0.25, -0.2) is 0 Å². The van der Waals surface area contributed by atoms with Gasteiger partial charge in [-0.15, -0.1) is 0 Å². The van der Waals surface area contributed by atoms with Crippen molar-refractivity contribution in [1.29, 1.82) is 0 Å². The first-order chi connectivity index (χ1) is 8.49. The van der Waals surface area contributed by atoms with Crippen LogP contribution in [0, 0.1) is 16.0 Å². The number of nitro groups is 1. The molecule has 1 aliphatic carbocycles. The van der Waals surface area contributed by atoms with Gasteiger partial charge >= 0.3 is 0 Å². The van der Waals surface area contributed by atoms with Crippen LogP contribution in [-0.4, -0.2) is 21.7 Å². The molecule has 1 aromatic carbocycles. The summed E-state index contributed by atoms with van der Waals surface area (Å²) in [5.74, 6) is 0.294. The van der Waals surface area contributed by atoms with Crippen molar-refractivity contribution in [3.8, 4) is 0 Å². The summed E-state index contributed by atoms with van der Waals surface area (Å²) in [6, 6.07) is 9.20. The Morgan fingerprint density at radius 2 is 2.11 bits per heavy atom. The van der Waals surface area contributed by atoms with Gasteiger partial charge in [-0.3, -0.25) is 10.1 Å². The second-order valence-corrected chi connectivity index (χ2v) is 5.49. The van der Waals surface area contributed by atoms with Crippen LogP contribution >= 0.6 is 0 Å². The van der Waals surface area contributed by atoms with E-state index in [4.69, 9.17) is 0 Å². The molecule has 4 nitrogen and oxygen atoms in total. The molecule has 98 valence electrons. The molecule has 3 atom stereocenters. The summed E-state index contributed by atoms with van der Waals surface area (Å²) in [7, 11) is 0. The molecule has 0 amide bonds. The summed E-state index contributed by atoms with van der Waals surface area (Å²) in [6.07, 6.45) is 2.69. The first-order valence-corrected chi connectivity index (χ1v) is 6.39. The lowest BCUT2D eigenvalue weighted by molar-refractivity contribution is -0.550. The molecule has 4 heteroatoms. The maximum Gasteiger partial charge on any atom is 0.241 e. The van der Waals surface area contributed by atoms with Gasteiger partial charge in [0, 0.05) is 11.3 Å². The van der Waals surface area contributed by atoms with Crippen LogP contribution in [0.25, 0.3) is 0 Å². The molecule has 18 heavy (non-hydrogen) atoms. The molecule has 0 saturated heterocycles. The molecule has 0 aromatic heterocycles. The standard InChI is InChI=1S/C14H19NO3/c1-14(16)8-7-12(10-13(14)15(17)18)9-11-5-3-2-4-6-11/h2-6,12-13,16H,7-10H2,1H3. The summed E-state index contributed by atoms with van der Waals surface area (Å²) in [6.45, 7) is 1.58. The van der Waals surface area contributed by atoms with Crippen LogP contribution in [0.5, 0.6) is 0 Å². The number of benzene rings is 1. The highest BCUT2D eigenvalue weighted by Crippen LogP contribution is 2.35.